The minimum atomic E-state index is 0.296. The predicted molar refractivity (Wildman–Crippen MR) is 63.5 cm³/mol. The van der Waals surface area contributed by atoms with Crippen LogP contribution in [0.5, 0.6) is 0 Å². The second kappa shape index (κ2) is 6.70. The van der Waals surface area contributed by atoms with E-state index in [1.54, 1.807) is 0 Å². The molecule has 16 heavy (non-hydrogen) atoms. The average molecular weight is 229 g/mol. The van der Waals surface area contributed by atoms with Crippen LogP contribution in [0.15, 0.2) is 5.16 Å². The fourth-order valence-corrected chi connectivity index (χ4v) is 2.31. The molecule has 1 atom stereocenters. The number of rotatable bonds is 5. The van der Waals surface area contributed by atoms with Crippen LogP contribution in [0.1, 0.15) is 32.6 Å². The molecule has 0 aromatic heterocycles. The summed E-state index contributed by atoms with van der Waals surface area (Å²) in [6, 6.07) is 0.357. The Morgan fingerprint density at radius 2 is 2.12 bits per heavy atom. The first kappa shape index (κ1) is 13.3. The molecule has 1 aliphatic rings. The lowest BCUT2D eigenvalue weighted by atomic mass is 9.95. The van der Waals surface area contributed by atoms with E-state index in [-0.39, 0.29) is 0 Å². The van der Waals surface area contributed by atoms with Crippen molar-refractivity contribution in [3.63, 3.8) is 0 Å². The van der Waals surface area contributed by atoms with E-state index < -0.39 is 0 Å². The van der Waals surface area contributed by atoms with Gasteiger partial charge in [0.1, 0.15) is 5.84 Å². The molecule has 1 rings (SSSR count). The van der Waals surface area contributed by atoms with Crippen molar-refractivity contribution in [2.24, 2.45) is 16.8 Å². The Balaban J connectivity index is 2.42. The molecule has 1 aliphatic heterocycles. The maximum atomic E-state index is 9.07. The monoisotopic (exact) mass is 229 g/mol. The Kier molecular flexibility index (Phi) is 5.55. The maximum Gasteiger partial charge on any atom is 0.140 e. The van der Waals surface area contributed by atoms with Crippen LogP contribution >= 0.6 is 0 Å². The van der Waals surface area contributed by atoms with Crippen LogP contribution in [0, 0.1) is 5.92 Å². The summed E-state index contributed by atoms with van der Waals surface area (Å²) in [5.74, 6) is 0.758. The highest BCUT2D eigenvalue weighted by Gasteiger charge is 2.24. The zero-order valence-corrected chi connectivity index (χ0v) is 9.97. The Labute approximate surface area is 96.9 Å². The van der Waals surface area contributed by atoms with Gasteiger partial charge in [0.25, 0.3) is 0 Å². The van der Waals surface area contributed by atoms with Gasteiger partial charge in [-0.3, -0.25) is 4.90 Å². The number of likely N-dealkylation sites (tertiary alicyclic amines) is 1. The van der Waals surface area contributed by atoms with Gasteiger partial charge in [-0.2, -0.15) is 0 Å². The molecule has 1 heterocycles. The SMILES string of the molecule is CCC(C/C(N)=N/O)N1CCC(CO)CC1. The van der Waals surface area contributed by atoms with Gasteiger partial charge in [0.2, 0.25) is 0 Å². The smallest absolute Gasteiger partial charge is 0.140 e. The highest BCUT2D eigenvalue weighted by atomic mass is 16.4. The van der Waals surface area contributed by atoms with Gasteiger partial charge in [0.05, 0.1) is 0 Å². The van der Waals surface area contributed by atoms with E-state index in [0.717, 1.165) is 32.4 Å². The maximum absolute atomic E-state index is 9.07. The zero-order chi connectivity index (χ0) is 12.0. The van der Waals surface area contributed by atoms with Crippen LogP contribution in [0.4, 0.5) is 0 Å². The Hall–Kier alpha value is -0.810. The van der Waals surface area contributed by atoms with E-state index >= 15 is 0 Å². The Morgan fingerprint density at radius 3 is 2.56 bits per heavy atom. The molecule has 0 saturated carbocycles. The van der Waals surface area contributed by atoms with Crippen molar-refractivity contribution in [1.82, 2.24) is 4.90 Å². The molecule has 0 spiro atoms. The number of nitrogens with zero attached hydrogens (tertiary/aromatic N) is 2. The molecule has 0 radical (unpaired) electrons. The normalized spacial score (nSPS) is 22.2. The number of piperidine rings is 1. The molecule has 0 amide bonds. The zero-order valence-electron chi connectivity index (χ0n) is 9.97. The molecular weight excluding hydrogens is 206 g/mol. The first-order valence-corrected chi connectivity index (χ1v) is 6.02. The number of amidine groups is 1. The molecule has 5 heteroatoms. The molecule has 1 fully saturated rings. The van der Waals surface area contributed by atoms with Crippen LogP contribution in [0.25, 0.3) is 0 Å². The number of hydrogen-bond acceptors (Lipinski definition) is 4. The third kappa shape index (κ3) is 3.64. The average Bonchev–Trinajstić information content (AvgIpc) is 2.35. The molecule has 1 saturated heterocycles. The van der Waals surface area contributed by atoms with Crippen molar-refractivity contribution >= 4 is 5.84 Å². The first-order valence-electron chi connectivity index (χ1n) is 6.02. The van der Waals surface area contributed by atoms with Gasteiger partial charge in [-0.05, 0) is 38.3 Å². The second-order valence-electron chi connectivity index (χ2n) is 4.52. The van der Waals surface area contributed by atoms with Crippen LogP contribution < -0.4 is 5.73 Å². The van der Waals surface area contributed by atoms with Crippen molar-refractivity contribution in [2.45, 2.75) is 38.6 Å². The molecule has 94 valence electrons. The molecule has 0 aliphatic carbocycles. The van der Waals surface area contributed by atoms with Crippen LogP contribution in [-0.4, -0.2) is 46.8 Å². The largest absolute Gasteiger partial charge is 0.409 e. The minimum absolute atomic E-state index is 0.296. The fourth-order valence-electron chi connectivity index (χ4n) is 2.31. The minimum Gasteiger partial charge on any atom is -0.409 e. The van der Waals surface area contributed by atoms with E-state index in [0.29, 0.717) is 30.8 Å². The topological polar surface area (TPSA) is 82.1 Å². The van der Waals surface area contributed by atoms with Crippen molar-refractivity contribution in [3.8, 4) is 0 Å². The highest BCUT2D eigenvalue weighted by molar-refractivity contribution is 5.80. The summed E-state index contributed by atoms with van der Waals surface area (Å²) < 4.78 is 0. The van der Waals surface area contributed by atoms with E-state index in [1.807, 2.05) is 0 Å². The summed E-state index contributed by atoms with van der Waals surface area (Å²) >= 11 is 0. The molecule has 4 N–H and O–H groups in total. The summed E-state index contributed by atoms with van der Waals surface area (Å²) in [6.45, 7) is 4.42. The van der Waals surface area contributed by atoms with Crippen LogP contribution in [0.2, 0.25) is 0 Å². The predicted octanol–water partition coefficient (Wildman–Crippen LogP) is 0.606. The van der Waals surface area contributed by atoms with E-state index in [4.69, 9.17) is 16.0 Å². The molecule has 0 bridgehead atoms. The summed E-state index contributed by atoms with van der Waals surface area (Å²) in [6.07, 6.45) is 3.71. The second-order valence-corrected chi connectivity index (χ2v) is 4.52. The molecule has 0 aromatic carbocycles. The van der Waals surface area contributed by atoms with Gasteiger partial charge in [-0.25, -0.2) is 0 Å². The van der Waals surface area contributed by atoms with Gasteiger partial charge in [0.15, 0.2) is 0 Å². The lowest BCUT2D eigenvalue weighted by molar-refractivity contribution is 0.100. The molecule has 5 nitrogen and oxygen atoms in total. The number of hydrogen-bond donors (Lipinski definition) is 3. The summed E-state index contributed by atoms with van der Waals surface area (Å²) in [7, 11) is 0. The van der Waals surface area contributed by atoms with Gasteiger partial charge in [-0.15, -0.1) is 0 Å². The van der Waals surface area contributed by atoms with Gasteiger partial charge in [0, 0.05) is 19.1 Å². The third-order valence-electron chi connectivity index (χ3n) is 3.47. The van der Waals surface area contributed by atoms with Gasteiger partial charge in [-0.1, -0.05) is 12.1 Å². The van der Waals surface area contributed by atoms with Gasteiger partial charge >= 0.3 is 0 Å². The van der Waals surface area contributed by atoms with E-state index in [2.05, 4.69) is 17.0 Å². The lowest BCUT2D eigenvalue weighted by Crippen LogP contribution is -2.43. The van der Waals surface area contributed by atoms with Crippen molar-refractivity contribution in [3.05, 3.63) is 0 Å². The quantitative estimate of drug-likeness (QED) is 0.279. The Morgan fingerprint density at radius 1 is 1.50 bits per heavy atom. The van der Waals surface area contributed by atoms with Crippen LogP contribution in [0.3, 0.4) is 0 Å². The number of oxime groups is 1. The number of aliphatic hydroxyl groups excluding tert-OH is 1. The molecule has 1 unspecified atom stereocenters. The fraction of sp³-hybridized carbons (Fsp3) is 0.909. The number of aliphatic hydroxyl groups is 1. The van der Waals surface area contributed by atoms with Crippen molar-refractivity contribution in [1.29, 1.82) is 0 Å². The van der Waals surface area contributed by atoms with E-state index in [1.165, 1.54) is 0 Å². The lowest BCUT2D eigenvalue weighted by Gasteiger charge is -2.36. The highest BCUT2D eigenvalue weighted by Crippen LogP contribution is 2.20. The standard InChI is InChI=1S/C11H23N3O2/c1-2-10(7-11(12)13-16)14-5-3-9(8-15)4-6-14/h9-10,15-16H,2-8H2,1H3,(H2,12,13). The Bertz CT molecular complexity index is 225. The van der Waals surface area contributed by atoms with Crippen molar-refractivity contribution in [2.75, 3.05) is 19.7 Å². The summed E-state index contributed by atoms with van der Waals surface area (Å²) in [4.78, 5) is 2.38. The van der Waals surface area contributed by atoms with E-state index in [9.17, 15) is 0 Å². The number of nitrogens with two attached hydrogens (primary N) is 1. The van der Waals surface area contributed by atoms with Gasteiger partial charge < -0.3 is 16.0 Å². The third-order valence-corrected chi connectivity index (χ3v) is 3.47. The first-order chi connectivity index (χ1) is 7.71. The summed E-state index contributed by atoms with van der Waals surface area (Å²) in [5.41, 5.74) is 5.54. The molecule has 0 aromatic rings. The molecular formula is C11H23N3O2. The summed E-state index contributed by atoms with van der Waals surface area (Å²) in [5, 5.41) is 20.7. The van der Waals surface area contributed by atoms with Crippen LogP contribution in [-0.2, 0) is 0 Å². The van der Waals surface area contributed by atoms with Crippen molar-refractivity contribution < 1.29 is 10.3 Å².